The summed E-state index contributed by atoms with van der Waals surface area (Å²) in [5.41, 5.74) is 2.90. The first-order chi connectivity index (χ1) is 10.3. The predicted octanol–water partition coefficient (Wildman–Crippen LogP) is 4.75. The highest BCUT2D eigenvalue weighted by Gasteiger charge is 2.15. The number of fused-ring (bicyclic) bond motifs is 1. The molecule has 116 valence electrons. The van der Waals surface area contributed by atoms with Crippen molar-refractivity contribution >= 4 is 0 Å². The third-order valence-corrected chi connectivity index (χ3v) is 4.45. The van der Waals surface area contributed by atoms with Gasteiger partial charge in [-0.2, -0.15) is 5.06 Å². The number of benzene rings is 1. The fraction of sp³-hybridized carbons (Fsp3) is 0.579. The van der Waals surface area contributed by atoms with Gasteiger partial charge in [-0.15, -0.1) is 6.58 Å². The van der Waals surface area contributed by atoms with E-state index in [4.69, 9.17) is 4.84 Å². The summed E-state index contributed by atoms with van der Waals surface area (Å²) in [5.74, 6) is 0.810. The van der Waals surface area contributed by atoms with Crippen LogP contribution in [-0.4, -0.2) is 18.2 Å². The second-order valence-electron chi connectivity index (χ2n) is 6.01. The van der Waals surface area contributed by atoms with Crippen molar-refractivity contribution < 1.29 is 4.84 Å². The zero-order valence-electron chi connectivity index (χ0n) is 13.4. The summed E-state index contributed by atoms with van der Waals surface area (Å²) in [4.78, 5) is 5.93. The van der Waals surface area contributed by atoms with Crippen LogP contribution in [0.15, 0.2) is 36.9 Å². The van der Waals surface area contributed by atoms with E-state index in [0.717, 1.165) is 44.9 Å². The Bertz CT molecular complexity index is 429. The molecule has 1 aromatic rings. The molecule has 0 fully saturated rings. The molecule has 0 amide bonds. The highest BCUT2D eigenvalue weighted by molar-refractivity contribution is 5.28. The van der Waals surface area contributed by atoms with Gasteiger partial charge >= 0.3 is 0 Å². The first-order valence-electron chi connectivity index (χ1n) is 8.39. The molecule has 1 heterocycles. The number of rotatable bonds is 9. The summed E-state index contributed by atoms with van der Waals surface area (Å²) in [6.45, 7) is 8.92. The Morgan fingerprint density at radius 3 is 2.86 bits per heavy atom. The van der Waals surface area contributed by atoms with Crippen LogP contribution in [0.2, 0.25) is 0 Å². The fourth-order valence-corrected chi connectivity index (χ4v) is 3.03. The van der Waals surface area contributed by atoms with Crippen LogP contribution < -0.4 is 0 Å². The van der Waals surface area contributed by atoms with Crippen molar-refractivity contribution in [2.45, 2.75) is 52.0 Å². The smallest absolute Gasteiger partial charge is 0.0685 e. The number of unbranched alkanes of at least 4 members (excludes halogenated alkanes) is 1. The Morgan fingerprint density at radius 1 is 1.29 bits per heavy atom. The van der Waals surface area contributed by atoms with Gasteiger partial charge in [-0.25, -0.2) is 0 Å². The molecule has 0 radical (unpaired) electrons. The maximum atomic E-state index is 5.93. The Hall–Kier alpha value is -1.12. The van der Waals surface area contributed by atoms with Gasteiger partial charge in [0, 0.05) is 13.1 Å². The molecule has 0 aromatic heterocycles. The van der Waals surface area contributed by atoms with E-state index in [0.29, 0.717) is 0 Å². The summed E-state index contributed by atoms with van der Waals surface area (Å²) in [6, 6.07) is 8.69. The Kier molecular flexibility index (Phi) is 6.98. The Balaban J connectivity index is 1.61. The number of hydrogen-bond donors (Lipinski definition) is 0. The normalized spacial score (nSPS) is 16.4. The summed E-state index contributed by atoms with van der Waals surface area (Å²) in [7, 11) is 0. The van der Waals surface area contributed by atoms with Gasteiger partial charge in [0.15, 0.2) is 0 Å². The van der Waals surface area contributed by atoms with Crippen LogP contribution in [0.25, 0.3) is 0 Å². The van der Waals surface area contributed by atoms with Crippen LogP contribution >= 0.6 is 0 Å². The maximum Gasteiger partial charge on any atom is 0.0685 e. The van der Waals surface area contributed by atoms with Crippen LogP contribution in [0.4, 0.5) is 0 Å². The number of nitrogens with zero attached hydrogens (tertiary/aromatic N) is 1. The van der Waals surface area contributed by atoms with Gasteiger partial charge in [0.1, 0.15) is 0 Å². The molecule has 0 saturated carbocycles. The molecular weight excluding hydrogens is 258 g/mol. The number of hydrogen-bond acceptors (Lipinski definition) is 2. The van der Waals surface area contributed by atoms with Crippen molar-refractivity contribution in [3.63, 3.8) is 0 Å². The van der Waals surface area contributed by atoms with Gasteiger partial charge < -0.3 is 0 Å². The van der Waals surface area contributed by atoms with Crippen molar-refractivity contribution in [3.05, 3.63) is 48.0 Å². The molecule has 2 heteroatoms. The standard InChI is InChI=1S/C19H29NO/c1-3-9-17(4-2)10-7-8-15-21-20-14-13-18-11-5-6-12-19(18)16-20/h3,5-6,11-12,17H,1,4,7-10,13-16H2,2H3. The van der Waals surface area contributed by atoms with Crippen LogP contribution in [0.1, 0.15) is 50.2 Å². The average Bonchev–Trinajstić information content (AvgIpc) is 2.53. The second kappa shape index (κ2) is 9.01. The first kappa shape index (κ1) is 16.3. The van der Waals surface area contributed by atoms with Crippen molar-refractivity contribution in [2.75, 3.05) is 13.2 Å². The topological polar surface area (TPSA) is 12.5 Å². The molecule has 0 N–H and O–H groups in total. The molecule has 1 aliphatic heterocycles. The van der Waals surface area contributed by atoms with Crippen LogP contribution in [0, 0.1) is 5.92 Å². The molecule has 1 unspecified atom stereocenters. The molecule has 0 aliphatic carbocycles. The molecule has 2 rings (SSSR count). The van der Waals surface area contributed by atoms with Crippen molar-refractivity contribution in [3.8, 4) is 0 Å². The van der Waals surface area contributed by atoms with Gasteiger partial charge in [-0.05, 0) is 36.3 Å². The predicted molar refractivity (Wildman–Crippen MR) is 89.0 cm³/mol. The van der Waals surface area contributed by atoms with E-state index in [1.807, 2.05) is 0 Å². The van der Waals surface area contributed by atoms with Crippen molar-refractivity contribution in [2.24, 2.45) is 5.92 Å². The minimum absolute atomic E-state index is 0.810. The van der Waals surface area contributed by atoms with Gasteiger partial charge in [0.05, 0.1) is 6.61 Å². The summed E-state index contributed by atoms with van der Waals surface area (Å²) >= 11 is 0. The average molecular weight is 287 g/mol. The van der Waals surface area contributed by atoms with E-state index in [9.17, 15) is 0 Å². The van der Waals surface area contributed by atoms with Gasteiger partial charge in [0.2, 0.25) is 0 Å². The lowest BCUT2D eigenvalue weighted by atomic mass is 9.96. The molecule has 1 aromatic carbocycles. The van der Waals surface area contributed by atoms with E-state index in [1.54, 1.807) is 0 Å². The fourth-order valence-electron chi connectivity index (χ4n) is 3.03. The SMILES string of the molecule is C=CCC(CC)CCCCON1CCc2ccccc2C1. The molecule has 1 aliphatic rings. The summed E-state index contributed by atoms with van der Waals surface area (Å²) < 4.78 is 0. The van der Waals surface area contributed by atoms with Crippen molar-refractivity contribution in [1.82, 2.24) is 5.06 Å². The molecule has 0 spiro atoms. The maximum absolute atomic E-state index is 5.93. The monoisotopic (exact) mass is 287 g/mol. The third kappa shape index (κ3) is 5.29. The van der Waals surface area contributed by atoms with E-state index in [1.165, 1.54) is 30.4 Å². The summed E-state index contributed by atoms with van der Waals surface area (Å²) in [5, 5.41) is 2.13. The molecule has 0 bridgehead atoms. The first-order valence-corrected chi connectivity index (χ1v) is 8.39. The molecule has 1 atom stereocenters. The van der Waals surface area contributed by atoms with E-state index < -0.39 is 0 Å². The largest absolute Gasteiger partial charge is 0.299 e. The molecular formula is C19H29NO. The quantitative estimate of drug-likeness (QED) is 0.480. The zero-order valence-corrected chi connectivity index (χ0v) is 13.4. The van der Waals surface area contributed by atoms with E-state index in [-0.39, 0.29) is 0 Å². The second-order valence-corrected chi connectivity index (χ2v) is 6.01. The minimum atomic E-state index is 0.810. The van der Waals surface area contributed by atoms with Crippen molar-refractivity contribution in [1.29, 1.82) is 0 Å². The van der Waals surface area contributed by atoms with E-state index in [2.05, 4.69) is 48.9 Å². The minimum Gasteiger partial charge on any atom is -0.299 e. The van der Waals surface area contributed by atoms with E-state index >= 15 is 0 Å². The Morgan fingerprint density at radius 2 is 2.10 bits per heavy atom. The lowest BCUT2D eigenvalue weighted by molar-refractivity contribution is -0.170. The molecule has 21 heavy (non-hydrogen) atoms. The molecule has 0 saturated heterocycles. The number of hydroxylamine groups is 2. The molecule has 2 nitrogen and oxygen atoms in total. The van der Waals surface area contributed by atoms with Crippen LogP contribution in [-0.2, 0) is 17.8 Å². The number of allylic oxidation sites excluding steroid dienone is 1. The highest BCUT2D eigenvalue weighted by atomic mass is 16.7. The Labute approximate surface area is 129 Å². The highest BCUT2D eigenvalue weighted by Crippen LogP contribution is 2.19. The van der Waals surface area contributed by atoms with Crippen LogP contribution in [0.5, 0.6) is 0 Å². The van der Waals surface area contributed by atoms with Gasteiger partial charge in [-0.3, -0.25) is 4.84 Å². The third-order valence-electron chi connectivity index (χ3n) is 4.45. The van der Waals surface area contributed by atoms with Gasteiger partial charge in [-0.1, -0.05) is 56.5 Å². The summed E-state index contributed by atoms with van der Waals surface area (Å²) in [6.07, 6.45) is 9.29. The lowest BCUT2D eigenvalue weighted by Crippen LogP contribution is -2.31. The van der Waals surface area contributed by atoms with Crippen LogP contribution in [0.3, 0.4) is 0 Å². The zero-order chi connectivity index (χ0) is 14.9. The van der Waals surface area contributed by atoms with Gasteiger partial charge in [0.25, 0.3) is 0 Å². The lowest BCUT2D eigenvalue weighted by Gasteiger charge is -2.27.